The molecule has 0 bridgehead atoms. The van der Waals surface area contributed by atoms with Crippen molar-refractivity contribution in [3.05, 3.63) is 23.8 Å². The molecule has 0 aliphatic rings. The maximum absolute atomic E-state index is 12.6. The molecule has 0 unspecified atom stereocenters. The number of esters is 1. The van der Waals surface area contributed by atoms with Gasteiger partial charge in [0.25, 0.3) is 0 Å². The molecule has 0 saturated heterocycles. The summed E-state index contributed by atoms with van der Waals surface area (Å²) in [6.07, 6.45) is -3.39. The number of benzene rings is 1. The van der Waals surface area contributed by atoms with Gasteiger partial charge in [0.2, 0.25) is 0 Å². The molecule has 0 saturated carbocycles. The van der Waals surface area contributed by atoms with E-state index in [0.717, 1.165) is 0 Å². The Morgan fingerprint density at radius 1 is 0.775 bits per heavy atom. The number of ether oxygens (including phenoxy) is 7. The normalized spacial score (nSPS) is 13.8. The van der Waals surface area contributed by atoms with Gasteiger partial charge in [0, 0.05) is 0 Å². The maximum Gasteiger partial charge on any atom is 0.514 e. The highest BCUT2D eigenvalue weighted by Crippen LogP contribution is 2.31. The average Bonchev–Trinajstić information content (AvgIpc) is 2.84. The molecule has 0 amide bonds. The summed E-state index contributed by atoms with van der Waals surface area (Å²) in [4.78, 5) is 49.0. The van der Waals surface area contributed by atoms with Crippen LogP contribution >= 0.6 is 0 Å². The lowest BCUT2D eigenvalue weighted by molar-refractivity contribution is -0.155. The zero-order valence-electron chi connectivity index (χ0n) is 24.9. The van der Waals surface area contributed by atoms with E-state index in [2.05, 4.69) is 0 Å². The van der Waals surface area contributed by atoms with Gasteiger partial charge in [-0.3, -0.25) is 4.79 Å². The standard InChI is InChI=1S/C28H43NO11/c1-10-27(6,7)39-25(32)37-21-14-13-19(16-22(21)38-26(33)40-28(8,9)11-2)15-20(29)23(30)35-17(4)18(5)36-24(31)34-12-3/h13-14,16-18,20H,10-12,15,29H2,1-9H3/t17-,18-,20-/m0/s1. The molecule has 40 heavy (non-hydrogen) atoms. The second kappa shape index (κ2) is 15.3. The molecular weight excluding hydrogens is 526 g/mol. The van der Waals surface area contributed by atoms with Crippen molar-refractivity contribution < 1.29 is 52.3 Å². The minimum atomic E-state index is -1.11. The van der Waals surface area contributed by atoms with Crippen molar-refractivity contribution in [2.45, 2.75) is 111 Å². The Hall–Kier alpha value is -3.54. The molecule has 0 radical (unpaired) electrons. The Morgan fingerprint density at radius 3 is 1.77 bits per heavy atom. The molecular formula is C28H43NO11. The van der Waals surface area contributed by atoms with Gasteiger partial charge in [0.1, 0.15) is 29.5 Å². The van der Waals surface area contributed by atoms with Crippen molar-refractivity contribution >= 4 is 24.4 Å². The van der Waals surface area contributed by atoms with E-state index in [9.17, 15) is 19.2 Å². The van der Waals surface area contributed by atoms with E-state index in [1.54, 1.807) is 54.5 Å². The summed E-state index contributed by atoms with van der Waals surface area (Å²) in [6.45, 7) is 15.5. The highest BCUT2D eigenvalue weighted by atomic mass is 16.8. The summed E-state index contributed by atoms with van der Waals surface area (Å²) >= 11 is 0. The van der Waals surface area contributed by atoms with Crippen LogP contribution in [0.2, 0.25) is 0 Å². The van der Waals surface area contributed by atoms with Crippen LogP contribution in [0.3, 0.4) is 0 Å². The molecule has 0 heterocycles. The monoisotopic (exact) mass is 569 g/mol. The summed E-state index contributed by atoms with van der Waals surface area (Å²) in [5.41, 5.74) is 4.96. The second-order valence-electron chi connectivity index (χ2n) is 10.4. The number of nitrogens with two attached hydrogens (primary N) is 1. The van der Waals surface area contributed by atoms with E-state index in [0.29, 0.717) is 18.4 Å². The molecule has 0 aliphatic carbocycles. The summed E-state index contributed by atoms with van der Waals surface area (Å²) in [5.74, 6) is -0.975. The average molecular weight is 570 g/mol. The number of rotatable bonds is 13. The zero-order chi connectivity index (χ0) is 30.7. The molecule has 1 aromatic rings. The number of hydrogen-bond acceptors (Lipinski definition) is 12. The van der Waals surface area contributed by atoms with Crippen molar-refractivity contribution in [3.8, 4) is 11.5 Å². The topological polar surface area (TPSA) is 159 Å². The zero-order valence-corrected chi connectivity index (χ0v) is 24.9. The van der Waals surface area contributed by atoms with Gasteiger partial charge in [-0.2, -0.15) is 0 Å². The Balaban J connectivity index is 3.05. The number of hydrogen-bond donors (Lipinski definition) is 1. The fourth-order valence-corrected chi connectivity index (χ4v) is 2.76. The van der Waals surface area contributed by atoms with Crippen LogP contribution in [0.15, 0.2) is 18.2 Å². The van der Waals surface area contributed by atoms with Crippen molar-refractivity contribution in [2.24, 2.45) is 5.73 Å². The fraction of sp³-hybridized carbons (Fsp3) is 0.643. The van der Waals surface area contributed by atoms with Crippen molar-refractivity contribution in [2.75, 3.05) is 6.61 Å². The SMILES string of the molecule is CCOC(=O)O[C@@H](C)[C@H](C)OC(=O)[C@@H](N)Cc1ccc(OC(=O)OC(C)(C)CC)c(OC(=O)OC(C)(C)CC)c1. The molecule has 1 aromatic carbocycles. The Kier molecular flexibility index (Phi) is 13.2. The maximum atomic E-state index is 12.6. The number of carbonyl (C=O) groups is 4. The van der Waals surface area contributed by atoms with E-state index < -0.39 is 53.9 Å². The van der Waals surface area contributed by atoms with Crippen LogP contribution in [0.25, 0.3) is 0 Å². The van der Waals surface area contributed by atoms with Crippen LogP contribution in [0, 0.1) is 0 Å². The molecule has 226 valence electrons. The Bertz CT molecular complexity index is 1020. The van der Waals surface area contributed by atoms with Crippen LogP contribution < -0.4 is 15.2 Å². The Morgan fingerprint density at radius 2 is 1.27 bits per heavy atom. The van der Waals surface area contributed by atoms with Crippen molar-refractivity contribution in [3.63, 3.8) is 0 Å². The molecule has 2 N–H and O–H groups in total. The minimum absolute atomic E-state index is 0.0158. The van der Waals surface area contributed by atoms with Crippen LogP contribution in [0.1, 0.15) is 80.7 Å². The predicted molar refractivity (Wildman–Crippen MR) is 144 cm³/mol. The van der Waals surface area contributed by atoms with Gasteiger partial charge in [-0.15, -0.1) is 0 Å². The first kappa shape index (κ1) is 34.5. The van der Waals surface area contributed by atoms with Crippen LogP contribution in [0.5, 0.6) is 11.5 Å². The van der Waals surface area contributed by atoms with Crippen LogP contribution in [-0.2, 0) is 34.9 Å². The van der Waals surface area contributed by atoms with Crippen molar-refractivity contribution in [1.82, 2.24) is 0 Å². The quantitative estimate of drug-likeness (QED) is 0.182. The lowest BCUT2D eigenvalue weighted by Crippen LogP contribution is -2.39. The first-order valence-electron chi connectivity index (χ1n) is 13.3. The van der Waals surface area contributed by atoms with E-state index in [4.69, 9.17) is 38.9 Å². The summed E-state index contributed by atoms with van der Waals surface area (Å²) in [5, 5.41) is 0. The van der Waals surface area contributed by atoms with Gasteiger partial charge in [-0.1, -0.05) is 19.9 Å². The smallest absolute Gasteiger partial charge is 0.458 e. The summed E-state index contributed by atoms with van der Waals surface area (Å²) < 4.78 is 36.4. The fourth-order valence-electron chi connectivity index (χ4n) is 2.76. The molecule has 0 aromatic heterocycles. The first-order chi connectivity index (χ1) is 18.5. The second-order valence-corrected chi connectivity index (χ2v) is 10.4. The van der Waals surface area contributed by atoms with Crippen LogP contribution in [-0.4, -0.2) is 60.5 Å². The third-order valence-corrected chi connectivity index (χ3v) is 6.08. The lowest BCUT2D eigenvalue weighted by Gasteiger charge is -2.24. The Labute approximate surface area is 235 Å². The largest absolute Gasteiger partial charge is 0.514 e. The highest BCUT2D eigenvalue weighted by Gasteiger charge is 2.28. The van der Waals surface area contributed by atoms with Gasteiger partial charge in [-0.05, 0) is 85.4 Å². The van der Waals surface area contributed by atoms with E-state index >= 15 is 0 Å². The first-order valence-corrected chi connectivity index (χ1v) is 13.3. The third-order valence-electron chi connectivity index (χ3n) is 6.08. The highest BCUT2D eigenvalue weighted by molar-refractivity contribution is 5.76. The number of carbonyl (C=O) groups excluding carboxylic acids is 4. The van der Waals surface area contributed by atoms with Crippen LogP contribution in [0.4, 0.5) is 14.4 Å². The molecule has 0 aliphatic heterocycles. The molecule has 12 heteroatoms. The van der Waals surface area contributed by atoms with Gasteiger partial charge >= 0.3 is 24.4 Å². The minimum Gasteiger partial charge on any atom is -0.458 e. The van der Waals surface area contributed by atoms with Crippen molar-refractivity contribution in [1.29, 1.82) is 0 Å². The van der Waals surface area contributed by atoms with Gasteiger partial charge in [0.15, 0.2) is 11.5 Å². The van der Waals surface area contributed by atoms with E-state index in [1.165, 1.54) is 12.1 Å². The molecule has 1 rings (SSSR count). The molecule has 0 fully saturated rings. The molecule has 3 atom stereocenters. The summed E-state index contributed by atoms with van der Waals surface area (Å²) in [6, 6.07) is 3.22. The summed E-state index contributed by atoms with van der Waals surface area (Å²) in [7, 11) is 0. The molecule has 12 nitrogen and oxygen atoms in total. The lowest BCUT2D eigenvalue weighted by atomic mass is 10.1. The predicted octanol–water partition coefficient (Wildman–Crippen LogP) is 5.46. The van der Waals surface area contributed by atoms with E-state index in [-0.39, 0.29) is 24.5 Å². The third kappa shape index (κ3) is 12.1. The van der Waals surface area contributed by atoms with Gasteiger partial charge in [-0.25, -0.2) is 14.4 Å². The molecule has 0 spiro atoms. The van der Waals surface area contributed by atoms with E-state index in [1.807, 2.05) is 13.8 Å². The van der Waals surface area contributed by atoms with Gasteiger partial charge in [0.05, 0.1) is 6.61 Å². The van der Waals surface area contributed by atoms with Gasteiger partial charge < -0.3 is 38.9 Å².